The molecule has 0 fully saturated rings. The minimum Gasteiger partial charge on any atom is -0.507 e. The van der Waals surface area contributed by atoms with E-state index in [0.717, 1.165) is 45.5 Å². The number of rotatable bonds is 10. The van der Waals surface area contributed by atoms with Crippen LogP contribution in [0.1, 0.15) is 6.42 Å². The average Bonchev–Trinajstić information content (AvgIpc) is 3.01. The fourth-order valence-corrected chi connectivity index (χ4v) is 5.43. The third kappa shape index (κ3) is 6.19. The Morgan fingerprint density at radius 3 is 2.37 bits per heavy atom. The van der Waals surface area contributed by atoms with Crippen LogP contribution in [0.4, 0.5) is 10.5 Å². The van der Waals surface area contributed by atoms with Gasteiger partial charge in [-0.1, -0.05) is 54.6 Å². The first-order valence-corrected chi connectivity index (χ1v) is 14.2. The molecule has 41 heavy (non-hydrogen) atoms. The second-order valence-corrected chi connectivity index (χ2v) is 10.5. The van der Waals surface area contributed by atoms with E-state index in [1.807, 2.05) is 92.0 Å². The summed E-state index contributed by atoms with van der Waals surface area (Å²) in [6.07, 6.45) is 0.352. The van der Waals surface area contributed by atoms with Gasteiger partial charge in [0.25, 0.3) is 0 Å². The first kappa shape index (κ1) is 28.1. The van der Waals surface area contributed by atoms with Crippen LogP contribution >= 0.6 is 11.9 Å². The van der Waals surface area contributed by atoms with Crippen molar-refractivity contribution in [2.75, 3.05) is 39.0 Å². The summed E-state index contributed by atoms with van der Waals surface area (Å²) in [5.74, 6) is 1.29. The van der Waals surface area contributed by atoms with Gasteiger partial charge in [-0.3, -0.25) is 0 Å². The van der Waals surface area contributed by atoms with Crippen molar-refractivity contribution in [3.63, 3.8) is 0 Å². The molecule has 0 aliphatic carbocycles. The number of carbonyl (C=O) groups excluding carboxylic acids is 1. The molecule has 0 aromatic heterocycles. The molecule has 3 N–H and O–H groups in total. The largest absolute Gasteiger partial charge is 0.507 e. The Labute approximate surface area is 244 Å². The third-order valence-corrected chi connectivity index (χ3v) is 7.77. The Kier molecular flexibility index (Phi) is 8.82. The molecule has 0 aliphatic rings. The predicted molar refractivity (Wildman–Crippen MR) is 168 cm³/mol. The molecule has 0 aliphatic heterocycles. The van der Waals surface area contributed by atoms with E-state index < -0.39 is 6.09 Å². The normalized spacial score (nSPS) is 11.0. The fourth-order valence-electron chi connectivity index (χ4n) is 4.76. The zero-order valence-corrected chi connectivity index (χ0v) is 24.1. The lowest BCUT2D eigenvalue weighted by Crippen LogP contribution is -2.32. The number of anilines is 1. The maximum Gasteiger partial charge on any atom is 0.414 e. The van der Waals surface area contributed by atoms with Crippen LogP contribution in [0.25, 0.3) is 32.7 Å². The van der Waals surface area contributed by atoms with Crippen LogP contribution < -0.4 is 19.5 Å². The number of aromatic hydroxyl groups is 1. The molecule has 5 aromatic carbocycles. The second-order valence-electron chi connectivity index (χ2n) is 9.65. The van der Waals surface area contributed by atoms with Crippen molar-refractivity contribution in [3.8, 4) is 28.4 Å². The van der Waals surface area contributed by atoms with E-state index in [2.05, 4.69) is 10.0 Å². The van der Waals surface area contributed by atoms with E-state index >= 15 is 0 Å². The highest BCUT2D eigenvalue weighted by atomic mass is 32.2. The number of fused-ring (bicyclic) bond motifs is 2. The van der Waals surface area contributed by atoms with Crippen LogP contribution in [-0.2, 0) is 0 Å². The van der Waals surface area contributed by atoms with Gasteiger partial charge in [0, 0.05) is 40.4 Å². The molecule has 0 radical (unpaired) electrons. The van der Waals surface area contributed by atoms with Crippen molar-refractivity contribution in [1.82, 2.24) is 10.2 Å². The van der Waals surface area contributed by atoms with Crippen LogP contribution in [-0.4, -0.2) is 50.4 Å². The number of nitrogens with zero attached hydrogens (tertiary/aromatic N) is 1. The summed E-state index contributed by atoms with van der Waals surface area (Å²) >= 11 is 1.46. The summed E-state index contributed by atoms with van der Waals surface area (Å²) < 4.78 is 14.7. The third-order valence-electron chi connectivity index (χ3n) is 6.94. The molecular weight excluding hydrogens is 534 g/mol. The molecule has 0 saturated heterocycles. The monoisotopic (exact) mass is 567 g/mol. The van der Waals surface area contributed by atoms with E-state index in [4.69, 9.17) is 9.47 Å². The average molecular weight is 568 g/mol. The molecular formula is C33H33N3O4S. The number of nitrogens with one attached hydrogen (secondary N) is 2. The van der Waals surface area contributed by atoms with Gasteiger partial charge in [-0.25, -0.2) is 4.79 Å². The highest BCUT2D eigenvalue weighted by Gasteiger charge is 2.21. The van der Waals surface area contributed by atoms with Crippen LogP contribution in [0.15, 0.2) is 95.9 Å². The van der Waals surface area contributed by atoms with Gasteiger partial charge in [0.1, 0.15) is 17.2 Å². The summed E-state index contributed by atoms with van der Waals surface area (Å²) in [4.78, 5) is 15.7. The number of phenolic OH excluding ortho intramolecular Hbond substituents is 1. The van der Waals surface area contributed by atoms with Gasteiger partial charge in [0.2, 0.25) is 0 Å². The Balaban J connectivity index is 1.59. The number of benzene rings is 5. The fraction of sp³-hybridized carbons (Fsp3) is 0.182. The predicted octanol–water partition coefficient (Wildman–Crippen LogP) is 7.53. The van der Waals surface area contributed by atoms with E-state index in [0.29, 0.717) is 28.8 Å². The summed E-state index contributed by atoms with van der Waals surface area (Å²) in [5, 5.41) is 18.1. The van der Waals surface area contributed by atoms with E-state index in [9.17, 15) is 9.90 Å². The van der Waals surface area contributed by atoms with Crippen LogP contribution in [0, 0.1) is 0 Å². The summed E-state index contributed by atoms with van der Waals surface area (Å²) in [6.45, 7) is 1.36. The lowest BCUT2D eigenvalue weighted by atomic mass is 9.93. The standard InChI is InChI=1S/C33H33N3O4S/c1-34-19-8-20-36(2)33(38)40-30-18-13-22-9-4-5-10-25(22)31(30)28-21-29(26-11-6-7-12-27(26)32(28)37)35-41-24-16-14-23(39-3)15-17-24/h4-7,9-18,21,34-35,37H,8,19-20H2,1-3H3. The van der Waals surface area contributed by atoms with Gasteiger partial charge in [0.15, 0.2) is 0 Å². The lowest BCUT2D eigenvalue weighted by molar-refractivity contribution is 0.163. The summed E-state index contributed by atoms with van der Waals surface area (Å²) in [7, 11) is 5.25. The molecule has 0 bridgehead atoms. The maximum atomic E-state index is 13.1. The van der Waals surface area contributed by atoms with Gasteiger partial charge in [0.05, 0.1) is 12.8 Å². The first-order valence-electron chi connectivity index (χ1n) is 13.4. The highest BCUT2D eigenvalue weighted by molar-refractivity contribution is 8.00. The van der Waals surface area contributed by atoms with Crippen molar-refractivity contribution < 1.29 is 19.4 Å². The Bertz CT molecular complexity index is 1670. The molecule has 5 aromatic rings. The Morgan fingerprint density at radius 1 is 0.927 bits per heavy atom. The SMILES string of the molecule is CNCCCN(C)C(=O)Oc1ccc2ccccc2c1-c1cc(NSc2ccc(OC)cc2)c2ccccc2c1O. The summed E-state index contributed by atoms with van der Waals surface area (Å²) in [5.41, 5.74) is 2.04. The Hall–Kier alpha value is -4.40. The Morgan fingerprint density at radius 2 is 1.63 bits per heavy atom. The molecule has 5 rings (SSSR count). The van der Waals surface area contributed by atoms with E-state index in [1.165, 1.54) is 11.9 Å². The highest BCUT2D eigenvalue weighted by Crippen LogP contribution is 2.47. The molecule has 8 heteroatoms. The van der Waals surface area contributed by atoms with Gasteiger partial charge in [-0.2, -0.15) is 0 Å². The van der Waals surface area contributed by atoms with Gasteiger partial charge < -0.3 is 29.5 Å². The van der Waals surface area contributed by atoms with Crippen LogP contribution in [0.3, 0.4) is 0 Å². The molecule has 7 nitrogen and oxygen atoms in total. The minimum atomic E-state index is -0.452. The first-order chi connectivity index (χ1) is 20.0. The minimum absolute atomic E-state index is 0.122. The lowest BCUT2D eigenvalue weighted by Gasteiger charge is -2.21. The van der Waals surface area contributed by atoms with Crippen molar-refractivity contribution in [2.24, 2.45) is 0 Å². The maximum absolute atomic E-state index is 13.1. The molecule has 1 amide bonds. The molecule has 0 saturated carbocycles. The topological polar surface area (TPSA) is 83.1 Å². The van der Waals surface area contributed by atoms with Gasteiger partial charge in [-0.15, -0.1) is 0 Å². The molecule has 0 heterocycles. The zero-order chi connectivity index (χ0) is 28.8. The smallest absolute Gasteiger partial charge is 0.414 e. The van der Waals surface area contributed by atoms with Crippen molar-refractivity contribution in [3.05, 3.63) is 91.0 Å². The second kappa shape index (κ2) is 12.8. The van der Waals surface area contributed by atoms with E-state index in [1.54, 1.807) is 25.1 Å². The van der Waals surface area contributed by atoms with Crippen molar-refractivity contribution >= 4 is 45.3 Å². The van der Waals surface area contributed by atoms with E-state index in [-0.39, 0.29) is 5.75 Å². The molecule has 0 unspecified atom stereocenters. The summed E-state index contributed by atoms with van der Waals surface area (Å²) in [6, 6.07) is 29.0. The van der Waals surface area contributed by atoms with Crippen molar-refractivity contribution in [2.45, 2.75) is 11.3 Å². The number of carbonyl (C=O) groups is 1. The number of amides is 1. The van der Waals surface area contributed by atoms with Gasteiger partial charge >= 0.3 is 6.09 Å². The zero-order valence-electron chi connectivity index (χ0n) is 23.3. The molecule has 0 spiro atoms. The number of hydrogen-bond acceptors (Lipinski definition) is 7. The van der Waals surface area contributed by atoms with Crippen LogP contribution in [0.2, 0.25) is 0 Å². The number of methoxy groups -OCH3 is 1. The van der Waals surface area contributed by atoms with Crippen molar-refractivity contribution in [1.29, 1.82) is 0 Å². The van der Waals surface area contributed by atoms with Crippen LogP contribution in [0.5, 0.6) is 17.2 Å². The quantitative estimate of drug-likeness (QED) is 0.0914. The molecule has 210 valence electrons. The number of ether oxygens (including phenoxy) is 2. The van der Waals surface area contributed by atoms with Gasteiger partial charge in [-0.05, 0) is 79.1 Å². The number of hydrogen-bond donors (Lipinski definition) is 3. The number of phenols is 1. The molecule has 0 atom stereocenters.